The number of fused-ring (bicyclic) bond motifs is 1. The molecule has 31 heavy (non-hydrogen) atoms. The highest BCUT2D eigenvalue weighted by molar-refractivity contribution is 8.00. The van der Waals surface area contributed by atoms with Crippen LogP contribution in [-0.4, -0.2) is 63.4 Å². The van der Waals surface area contributed by atoms with Crippen LogP contribution < -0.4 is 4.90 Å². The molecular formula is C20H23ClFN3O3S3. The molecule has 0 unspecified atom stereocenters. The fourth-order valence-electron chi connectivity index (χ4n) is 2.62. The first-order chi connectivity index (χ1) is 14.1. The quantitative estimate of drug-likeness (QED) is 0.433. The number of amides is 1. The number of nitrogens with zero attached hydrogens (tertiary/aromatic N) is 3. The Bertz CT molecular complexity index is 1150. The minimum Gasteiger partial charge on any atom is -0.308 e. The van der Waals surface area contributed by atoms with Crippen molar-refractivity contribution >= 4 is 66.6 Å². The Morgan fingerprint density at radius 1 is 1.13 bits per heavy atom. The zero-order valence-electron chi connectivity index (χ0n) is 17.2. The lowest BCUT2D eigenvalue weighted by Gasteiger charge is -2.21. The smallest absolute Gasteiger partial charge is 0.239 e. The van der Waals surface area contributed by atoms with Gasteiger partial charge in [0.15, 0.2) is 15.0 Å². The number of rotatable bonds is 8. The number of carbonyl (C=O) groups excluding carboxylic acids is 1. The van der Waals surface area contributed by atoms with Crippen molar-refractivity contribution in [2.45, 2.75) is 9.79 Å². The van der Waals surface area contributed by atoms with Crippen molar-refractivity contribution in [2.24, 2.45) is 0 Å². The number of thioether (sulfide) groups is 1. The largest absolute Gasteiger partial charge is 0.308 e. The predicted octanol–water partition coefficient (Wildman–Crippen LogP) is 3.95. The van der Waals surface area contributed by atoms with Gasteiger partial charge >= 0.3 is 0 Å². The summed E-state index contributed by atoms with van der Waals surface area (Å²) in [5.41, 5.74) is 0.649. The molecule has 168 valence electrons. The maximum absolute atomic E-state index is 13.1. The molecule has 0 aliphatic heterocycles. The molecule has 3 aromatic rings. The molecule has 0 radical (unpaired) electrons. The van der Waals surface area contributed by atoms with Crippen LogP contribution in [-0.2, 0) is 14.6 Å². The molecular weight excluding hydrogens is 481 g/mol. The van der Waals surface area contributed by atoms with Crippen molar-refractivity contribution in [1.29, 1.82) is 0 Å². The Hall–Kier alpha value is -1.72. The van der Waals surface area contributed by atoms with Gasteiger partial charge in [-0.3, -0.25) is 9.69 Å². The molecule has 11 heteroatoms. The minimum atomic E-state index is -3.32. The van der Waals surface area contributed by atoms with E-state index in [0.717, 1.165) is 11.2 Å². The summed E-state index contributed by atoms with van der Waals surface area (Å²) in [4.78, 5) is 22.2. The number of benzene rings is 2. The van der Waals surface area contributed by atoms with E-state index in [0.29, 0.717) is 28.4 Å². The Morgan fingerprint density at radius 2 is 1.81 bits per heavy atom. The number of thiazole rings is 1. The van der Waals surface area contributed by atoms with Crippen molar-refractivity contribution < 1.29 is 17.6 Å². The average Bonchev–Trinajstić information content (AvgIpc) is 3.09. The summed E-state index contributed by atoms with van der Waals surface area (Å²) < 4.78 is 37.5. The number of sulfone groups is 1. The SMILES string of the molecule is CN(C)CCN(C(=O)CSc1ccc(F)cc1)c1nc2ccc(S(C)(=O)=O)cc2s1.Cl. The van der Waals surface area contributed by atoms with E-state index in [1.165, 1.54) is 41.3 Å². The zero-order chi connectivity index (χ0) is 21.9. The van der Waals surface area contributed by atoms with Gasteiger partial charge in [-0.1, -0.05) is 11.3 Å². The van der Waals surface area contributed by atoms with E-state index < -0.39 is 9.84 Å². The van der Waals surface area contributed by atoms with E-state index >= 15 is 0 Å². The summed E-state index contributed by atoms with van der Waals surface area (Å²) in [5.74, 6) is -0.251. The lowest BCUT2D eigenvalue weighted by Crippen LogP contribution is -2.37. The molecule has 0 saturated heterocycles. The van der Waals surface area contributed by atoms with Crippen LogP contribution in [0.2, 0.25) is 0 Å². The van der Waals surface area contributed by atoms with E-state index in [4.69, 9.17) is 0 Å². The number of hydrogen-bond acceptors (Lipinski definition) is 7. The van der Waals surface area contributed by atoms with Crippen LogP contribution in [0, 0.1) is 5.82 Å². The van der Waals surface area contributed by atoms with Crippen LogP contribution in [0.15, 0.2) is 52.3 Å². The van der Waals surface area contributed by atoms with E-state index in [9.17, 15) is 17.6 Å². The van der Waals surface area contributed by atoms with Crippen molar-refractivity contribution in [3.8, 4) is 0 Å². The third kappa shape index (κ3) is 6.88. The Labute approximate surface area is 195 Å². The Balaban J connectivity index is 0.00000341. The van der Waals surface area contributed by atoms with Gasteiger partial charge in [0.05, 0.1) is 20.9 Å². The van der Waals surface area contributed by atoms with Gasteiger partial charge in [0.25, 0.3) is 0 Å². The second kappa shape index (κ2) is 10.7. The van der Waals surface area contributed by atoms with Crippen molar-refractivity contribution in [3.05, 3.63) is 48.3 Å². The molecule has 6 nitrogen and oxygen atoms in total. The predicted molar refractivity (Wildman–Crippen MR) is 128 cm³/mol. The summed E-state index contributed by atoms with van der Waals surface area (Å²) in [6.45, 7) is 1.10. The first-order valence-electron chi connectivity index (χ1n) is 9.07. The molecule has 0 bridgehead atoms. The molecule has 2 aromatic carbocycles. The third-order valence-electron chi connectivity index (χ3n) is 4.26. The van der Waals surface area contributed by atoms with Gasteiger partial charge in [-0.2, -0.15) is 0 Å². The monoisotopic (exact) mass is 503 g/mol. The van der Waals surface area contributed by atoms with Crippen LogP contribution in [0.3, 0.4) is 0 Å². The normalized spacial score (nSPS) is 11.5. The summed E-state index contributed by atoms with van der Waals surface area (Å²) >= 11 is 2.62. The topological polar surface area (TPSA) is 70.6 Å². The van der Waals surface area contributed by atoms with Crippen LogP contribution in [0.5, 0.6) is 0 Å². The Kier molecular flexibility index (Phi) is 8.84. The summed E-state index contributed by atoms with van der Waals surface area (Å²) in [5, 5.41) is 0.530. The maximum Gasteiger partial charge on any atom is 0.239 e. The van der Waals surface area contributed by atoms with Gasteiger partial charge in [-0.15, -0.1) is 24.2 Å². The number of aromatic nitrogens is 1. The number of hydrogen-bond donors (Lipinski definition) is 0. The average molecular weight is 504 g/mol. The Morgan fingerprint density at radius 3 is 2.42 bits per heavy atom. The second-order valence-corrected chi connectivity index (χ2v) is 11.1. The first kappa shape index (κ1) is 25.5. The summed E-state index contributed by atoms with van der Waals surface area (Å²) in [7, 11) is 0.523. The molecule has 0 spiro atoms. The molecule has 0 saturated carbocycles. The fourth-order valence-corrected chi connectivity index (χ4v) is 5.16. The second-order valence-electron chi connectivity index (χ2n) is 6.99. The van der Waals surface area contributed by atoms with Crippen molar-refractivity contribution in [3.63, 3.8) is 0 Å². The lowest BCUT2D eigenvalue weighted by molar-refractivity contribution is -0.116. The van der Waals surface area contributed by atoms with E-state index in [2.05, 4.69) is 4.98 Å². The number of anilines is 1. The van der Waals surface area contributed by atoms with Gasteiger partial charge in [-0.25, -0.2) is 17.8 Å². The molecule has 0 fully saturated rings. The molecule has 0 aliphatic carbocycles. The molecule has 1 amide bonds. The maximum atomic E-state index is 13.1. The highest BCUT2D eigenvalue weighted by Gasteiger charge is 2.21. The summed E-state index contributed by atoms with van der Waals surface area (Å²) in [6, 6.07) is 10.8. The highest BCUT2D eigenvalue weighted by Crippen LogP contribution is 2.31. The number of carbonyl (C=O) groups is 1. The van der Waals surface area contributed by atoms with Crippen molar-refractivity contribution in [2.75, 3.05) is 44.1 Å². The van der Waals surface area contributed by atoms with Crippen LogP contribution in [0.1, 0.15) is 0 Å². The van der Waals surface area contributed by atoms with Crippen LogP contribution in [0.25, 0.3) is 10.2 Å². The molecule has 3 rings (SSSR count). The fraction of sp³-hybridized carbons (Fsp3) is 0.300. The van der Waals surface area contributed by atoms with E-state index in [-0.39, 0.29) is 34.8 Å². The van der Waals surface area contributed by atoms with Crippen LogP contribution in [0.4, 0.5) is 9.52 Å². The van der Waals surface area contributed by atoms with Gasteiger partial charge in [0.1, 0.15) is 5.82 Å². The van der Waals surface area contributed by atoms with Gasteiger partial charge in [0.2, 0.25) is 5.91 Å². The summed E-state index contributed by atoms with van der Waals surface area (Å²) in [6.07, 6.45) is 1.16. The molecule has 0 atom stereocenters. The van der Waals surface area contributed by atoms with E-state index in [1.807, 2.05) is 19.0 Å². The van der Waals surface area contributed by atoms with Crippen LogP contribution >= 0.6 is 35.5 Å². The van der Waals surface area contributed by atoms with Gasteiger partial charge in [0, 0.05) is 24.2 Å². The third-order valence-corrected chi connectivity index (χ3v) is 7.40. The van der Waals surface area contributed by atoms with E-state index in [1.54, 1.807) is 29.2 Å². The lowest BCUT2D eigenvalue weighted by atomic mass is 10.3. The molecule has 1 aromatic heterocycles. The van der Waals surface area contributed by atoms with Gasteiger partial charge < -0.3 is 4.90 Å². The zero-order valence-corrected chi connectivity index (χ0v) is 20.5. The minimum absolute atomic E-state index is 0. The highest BCUT2D eigenvalue weighted by atomic mass is 35.5. The molecule has 1 heterocycles. The molecule has 0 N–H and O–H groups in total. The van der Waals surface area contributed by atoms with Crippen molar-refractivity contribution in [1.82, 2.24) is 9.88 Å². The molecule has 0 aliphatic rings. The number of likely N-dealkylation sites (N-methyl/N-ethyl adjacent to an activating group) is 1. The first-order valence-corrected chi connectivity index (χ1v) is 12.8. The van der Waals surface area contributed by atoms with Gasteiger partial charge in [-0.05, 0) is 56.6 Å². The standard InChI is InChI=1S/C20H22FN3O3S3.ClH/c1-23(2)10-11-24(19(25)13-28-15-6-4-14(21)5-7-15)20-22-17-9-8-16(30(3,26)27)12-18(17)29-20;/h4-9,12H,10-11,13H2,1-3H3;1H. The number of halogens is 2.